The number of likely N-dealkylation sites (tertiary alicyclic amines) is 1. The summed E-state index contributed by atoms with van der Waals surface area (Å²) in [6.07, 6.45) is 3.06. The number of rotatable bonds is 3. The van der Waals surface area contributed by atoms with Gasteiger partial charge in [-0.3, -0.25) is 4.79 Å². The molecule has 5 heteroatoms. The summed E-state index contributed by atoms with van der Waals surface area (Å²) in [5.41, 5.74) is 4.07. The second-order valence-corrected chi connectivity index (χ2v) is 6.88. The van der Waals surface area contributed by atoms with Crippen molar-refractivity contribution in [2.75, 3.05) is 26.2 Å². The zero-order chi connectivity index (χ0) is 17.9. The molecule has 2 aromatic carbocycles. The van der Waals surface area contributed by atoms with Gasteiger partial charge in [-0.05, 0) is 54.0 Å². The van der Waals surface area contributed by atoms with Gasteiger partial charge < -0.3 is 9.64 Å². The van der Waals surface area contributed by atoms with Gasteiger partial charge in [-0.1, -0.05) is 29.8 Å². The molecule has 2 aliphatic rings. The van der Waals surface area contributed by atoms with Crippen LogP contribution in [0.4, 0.5) is 0 Å². The number of carbonyl (C=O) groups excluding carboxylic acids is 1. The van der Waals surface area contributed by atoms with E-state index in [-0.39, 0.29) is 5.91 Å². The molecular weight excluding hydrogens is 348 g/mol. The first-order chi connectivity index (χ1) is 12.7. The van der Waals surface area contributed by atoms with Crippen molar-refractivity contribution >= 4 is 29.5 Å². The Labute approximate surface area is 157 Å². The average Bonchev–Trinajstić information content (AvgIpc) is 3.35. The van der Waals surface area contributed by atoms with Gasteiger partial charge in [-0.2, -0.15) is 0 Å². The van der Waals surface area contributed by atoms with Gasteiger partial charge in [-0.15, -0.1) is 0 Å². The maximum atomic E-state index is 12.6. The molecule has 0 saturated carbocycles. The zero-order valence-electron chi connectivity index (χ0n) is 14.3. The summed E-state index contributed by atoms with van der Waals surface area (Å²) >= 11 is 5.89. The summed E-state index contributed by atoms with van der Waals surface area (Å²) in [4.78, 5) is 18.8. The van der Waals surface area contributed by atoms with Crippen molar-refractivity contribution in [3.05, 3.63) is 75.8 Å². The Kier molecular flexibility index (Phi) is 4.76. The molecule has 132 valence electrons. The van der Waals surface area contributed by atoms with E-state index in [9.17, 15) is 4.79 Å². The third kappa shape index (κ3) is 3.65. The normalized spacial score (nSPS) is 18.1. The molecular formula is C21H19ClN2O2. The summed E-state index contributed by atoms with van der Waals surface area (Å²) in [6.45, 7) is 2.81. The van der Waals surface area contributed by atoms with Gasteiger partial charge in [-0.25, -0.2) is 4.99 Å². The topological polar surface area (TPSA) is 41.9 Å². The molecule has 0 bridgehead atoms. The molecule has 0 unspecified atom stereocenters. The predicted octanol–water partition coefficient (Wildman–Crippen LogP) is 4.05. The van der Waals surface area contributed by atoms with E-state index in [1.807, 2.05) is 17.0 Å². The summed E-state index contributed by atoms with van der Waals surface area (Å²) in [5.74, 6) is 0.779. The van der Waals surface area contributed by atoms with E-state index in [4.69, 9.17) is 16.3 Å². The molecule has 0 radical (unpaired) electrons. The van der Waals surface area contributed by atoms with Crippen LogP contribution in [0.5, 0.6) is 0 Å². The third-order valence-corrected chi connectivity index (χ3v) is 4.84. The first-order valence-corrected chi connectivity index (χ1v) is 9.09. The van der Waals surface area contributed by atoms with Gasteiger partial charge in [0.25, 0.3) is 5.91 Å². The summed E-state index contributed by atoms with van der Waals surface area (Å²) in [6, 6.07) is 15.2. The minimum Gasteiger partial charge on any atom is -0.476 e. The Morgan fingerprint density at radius 3 is 2.58 bits per heavy atom. The van der Waals surface area contributed by atoms with E-state index < -0.39 is 0 Å². The molecule has 2 aromatic rings. The lowest BCUT2D eigenvalue weighted by Gasteiger charge is -2.15. The van der Waals surface area contributed by atoms with E-state index in [2.05, 4.69) is 23.2 Å². The van der Waals surface area contributed by atoms with Crippen LogP contribution in [0, 0.1) is 0 Å². The predicted molar refractivity (Wildman–Crippen MR) is 104 cm³/mol. The third-order valence-electron chi connectivity index (χ3n) is 4.59. The number of halogens is 1. The quantitative estimate of drug-likeness (QED) is 0.822. The second kappa shape index (κ2) is 7.34. The number of nitrogens with zero attached hydrogens (tertiary/aromatic N) is 2. The highest BCUT2D eigenvalue weighted by Gasteiger charge is 2.22. The van der Waals surface area contributed by atoms with Crippen LogP contribution >= 0.6 is 11.6 Å². The molecule has 1 amide bonds. The zero-order valence-corrected chi connectivity index (χ0v) is 15.1. The maximum absolute atomic E-state index is 12.6. The molecule has 1 fully saturated rings. The van der Waals surface area contributed by atoms with Crippen molar-refractivity contribution in [1.82, 2.24) is 4.90 Å². The molecule has 0 N–H and O–H groups in total. The summed E-state index contributed by atoms with van der Waals surface area (Å²) in [7, 11) is 0. The fourth-order valence-corrected chi connectivity index (χ4v) is 3.34. The maximum Gasteiger partial charge on any atom is 0.254 e. The Morgan fingerprint density at radius 2 is 1.88 bits per heavy atom. The minimum absolute atomic E-state index is 0.0526. The lowest BCUT2D eigenvalue weighted by molar-refractivity contribution is 0.0796. The minimum atomic E-state index is 0.0526. The van der Waals surface area contributed by atoms with Crippen LogP contribution < -0.4 is 0 Å². The highest BCUT2D eigenvalue weighted by atomic mass is 35.5. The lowest BCUT2D eigenvalue weighted by Crippen LogP contribution is -2.27. The van der Waals surface area contributed by atoms with E-state index in [1.54, 1.807) is 24.3 Å². The van der Waals surface area contributed by atoms with Crippen molar-refractivity contribution in [2.24, 2.45) is 4.99 Å². The molecule has 0 atom stereocenters. The van der Waals surface area contributed by atoms with Crippen LogP contribution in [0.15, 0.2) is 59.1 Å². The molecule has 26 heavy (non-hydrogen) atoms. The number of benzene rings is 2. The van der Waals surface area contributed by atoms with E-state index in [1.165, 1.54) is 5.57 Å². The van der Waals surface area contributed by atoms with Crippen LogP contribution in [0.25, 0.3) is 6.08 Å². The number of amides is 1. The molecule has 4 rings (SSSR count). The Balaban J connectivity index is 1.43. The monoisotopic (exact) mass is 366 g/mol. The van der Waals surface area contributed by atoms with Gasteiger partial charge in [0.15, 0.2) is 0 Å². The average molecular weight is 367 g/mol. The highest BCUT2D eigenvalue weighted by molar-refractivity contribution is 6.30. The lowest BCUT2D eigenvalue weighted by atomic mass is 10.1. The number of carbonyl (C=O) groups is 1. The van der Waals surface area contributed by atoms with Crippen LogP contribution in [0.3, 0.4) is 0 Å². The molecule has 2 aliphatic heterocycles. The van der Waals surface area contributed by atoms with E-state index >= 15 is 0 Å². The molecule has 1 saturated heterocycles. The summed E-state index contributed by atoms with van der Waals surface area (Å²) < 4.78 is 5.48. The van der Waals surface area contributed by atoms with E-state index in [0.717, 1.165) is 36.5 Å². The van der Waals surface area contributed by atoms with Gasteiger partial charge in [0, 0.05) is 29.2 Å². The van der Waals surface area contributed by atoms with Crippen LogP contribution in [-0.2, 0) is 4.74 Å². The number of aliphatic imine (C=N–C) groups is 1. The molecule has 0 aromatic heterocycles. The van der Waals surface area contributed by atoms with Gasteiger partial charge >= 0.3 is 0 Å². The fourth-order valence-electron chi connectivity index (χ4n) is 3.22. The van der Waals surface area contributed by atoms with Crippen molar-refractivity contribution in [3.63, 3.8) is 0 Å². The first kappa shape index (κ1) is 16.9. The Bertz CT molecular complexity index is 870. The van der Waals surface area contributed by atoms with Crippen LogP contribution in [-0.4, -0.2) is 42.9 Å². The molecule has 2 heterocycles. The second-order valence-electron chi connectivity index (χ2n) is 6.44. The largest absolute Gasteiger partial charge is 0.476 e. The molecule has 0 aliphatic carbocycles. The van der Waals surface area contributed by atoms with Crippen molar-refractivity contribution < 1.29 is 9.53 Å². The smallest absolute Gasteiger partial charge is 0.254 e. The highest BCUT2D eigenvalue weighted by Crippen LogP contribution is 2.22. The number of ether oxygens (including phenoxy) is 1. The van der Waals surface area contributed by atoms with Crippen LogP contribution in [0.1, 0.15) is 27.9 Å². The van der Waals surface area contributed by atoms with E-state index in [0.29, 0.717) is 23.7 Å². The number of hydrogen-bond donors (Lipinski definition) is 0. The van der Waals surface area contributed by atoms with Crippen LogP contribution in [0.2, 0.25) is 5.02 Å². The molecule has 0 spiro atoms. The van der Waals surface area contributed by atoms with Gasteiger partial charge in [0.1, 0.15) is 6.61 Å². The Morgan fingerprint density at radius 1 is 1.12 bits per heavy atom. The fraction of sp³-hybridized carbons (Fsp3) is 0.238. The first-order valence-electron chi connectivity index (χ1n) is 8.71. The van der Waals surface area contributed by atoms with Crippen molar-refractivity contribution in [2.45, 2.75) is 6.42 Å². The van der Waals surface area contributed by atoms with Gasteiger partial charge in [0.05, 0.1) is 6.54 Å². The number of hydrogen-bond acceptors (Lipinski definition) is 3. The summed E-state index contributed by atoms with van der Waals surface area (Å²) in [5, 5.41) is 0.640. The Hall–Kier alpha value is -2.59. The standard InChI is InChI=1S/C21H19ClN2O2/c22-19-7-5-18(6-8-19)21(25)24-11-9-16(14-24)13-15-1-3-17(4-2-15)20-23-10-12-26-20/h1-8,13H,9-12,14H2. The molecule has 4 nitrogen and oxygen atoms in total. The van der Waals surface area contributed by atoms with Crippen molar-refractivity contribution in [1.29, 1.82) is 0 Å². The van der Waals surface area contributed by atoms with Crippen molar-refractivity contribution in [3.8, 4) is 0 Å². The van der Waals surface area contributed by atoms with Gasteiger partial charge in [0.2, 0.25) is 5.90 Å². The SMILES string of the molecule is O=C(c1ccc(Cl)cc1)N1CCC(=Cc2ccc(C3=NCCO3)cc2)C1.